The molecule has 0 atom stereocenters. The molecule has 1 aliphatic heterocycles. The number of halogens is 1. The first-order valence-corrected chi connectivity index (χ1v) is 8.82. The number of benzene rings is 1. The zero-order valence-electron chi connectivity index (χ0n) is 15.8. The van der Waals surface area contributed by atoms with E-state index in [1.54, 1.807) is 6.07 Å². The van der Waals surface area contributed by atoms with E-state index >= 15 is 0 Å². The van der Waals surface area contributed by atoms with Gasteiger partial charge in [-0.3, -0.25) is 9.69 Å². The van der Waals surface area contributed by atoms with E-state index in [2.05, 4.69) is 29.2 Å². The maximum atomic E-state index is 14.2. The fourth-order valence-electron chi connectivity index (χ4n) is 3.00. The SMILES string of the molecule is COc1ccc(-c2cc(C(=O)NCC(C)(C)N3CCOCC3)no2)c(F)c1. The van der Waals surface area contributed by atoms with E-state index in [-0.39, 0.29) is 28.5 Å². The van der Waals surface area contributed by atoms with Crippen molar-refractivity contribution in [1.29, 1.82) is 0 Å². The van der Waals surface area contributed by atoms with Crippen molar-refractivity contribution in [2.45, 2.75) is 19.4 Å². The molecule has 1 aromatic heterocycles. The summed E-state index contributed by atoms with van der Waals surface area (Å²) in [7, 11) is 1.46. The quantitative estimate of drug-likeness (QED) is 0.833. The number of carbonyl (C=O) groups excluding carboxylic acids is 1. The highest BCUT2D eigenvalue weighted by Crippen LogP contribution is 2.26. The molecule has 1 aliphatic rings. The van der Waals surface area contributed by atoms with Crippen molar-refractivity contribution in [2.24, 2.45) is 0 Å². The summed E-state index contributed by atoms with van der Waals surface area (Å²) in [6, 6.07) is 5.83. The van der Waals surface area contributed by atoms with Crippen molar-refractivity contribution in [3.63, 3.8) is 0 Å². The van der Waals surface area contributed by atoms with Crippen LogP contribution in [0.1, 0.15) is 24.3 Å². The highest BCUT2D eigenvalue weighted by atomic mass is 19.1. The van der Waals surface area contributed by atoms with Crippen LogP contribution < -0.4 is 10.1 Å². The largest absolute Gasteiger partial charge is 0.497 e. The van der Waals surface area contributed by atoms with Crippen LogP contribution in [0.4, 0.5) is 4.39 Å². The number of hydrogen-bond donors (Lipinski definition) is 1. The molecular weight excluding hydrogens is 353 g/mol. The molecule has 3 rings (SSSR count). The average Bonchev–Trinajstić information content (AvgIpc) is 3.16. The van der Waals surface area contributed by atoms with Gasteiger partial charge in [-0.15, -0.1) is 0 Å². The molecule has 1 amide bonds. The third-order valence-corrected chi connectivity index (χ3v) is 4.73. The van der Waals surface area contributed by atoms with Gasteiger partial charge in [-0.25, -0.2) is 4.39 Å². The lowest BCUT2D eigenvalue weighted by Gasteiger charge is -2.40. The zero-order valence-corrected chi connectivity index (χ0v) is 15.8. The minimum atomic E-state index is -0.508. The number of nitrogens with zero attached hydrogens (tertiary/aromatic N) is 2. The maximum Gasteiger partial charge on any atom is 0.273 e. The second kappa shape index (κ2) is 8.06. The Hall–Kier alpha value is -2.45. The molecule has 0 bridgehead atoms. The van der Waals surface area contributed by atoms with Crippen molar-refractivity contribution < 1.29 is 23.2 Å². The van der Waals surface area contributed by atoms with E-state index < -0.39 is 5.82 Å². The number of rotatable bonds is 6. The Morgan fingerprint density at radius 2 is 2.07 bits per heavy atom. The number of amides is 1. The zero-order chi connectivity index (χ0) is 19.4. The third kappa shape index (κ3) is 4.45. The van der Waals surface area contributed by atoms with Crippen LogP contribution in [0.2, 0.25) is 0 Å². The molecule has 0 aliphatic carbocycles. The van der Waals surface area contributed by atoms with E-state index in [0.717, 1.165) is 13.1 Å². The lowest BCUT2D eigenvalue weighted by Crippen LogP contribution is -2.55. The molecule has 1 aromatic carbocycles. The van der Waals surface area contributed by atoms with Crippen molar-refractivity contribution >= 4 is 5.91 Å². The standard InChI is InChI=1S/C19H24FN3O4/c1-19(2,23-6-8-26-9-7-23)12-21-18(24)16-11-17(27-22-16)14-5-4-13(25-3)10-15(14)20/h4-5,10-11H,6-9,12H2,1-3H3,(H,21,24). The van der Waals surface area contributed by atoms with Gasteiger partial charge in [-0.2, -0.15) is 0 Å². The molecule has 0 radical (unpaired) electrons. The molecule has 146 valence electrons. The summed E-state index contributed by atoms with van der Waals surface area (Å²) in [6.07, 6.45) is 0. The average molecular weight is 377 g/mol. The molecule has 0 unspecified atom stereocenters. The lowest BCUT2D eigenvalue weighted by atomic mass is 10.0. The van der Waals surface area contributed by atoms with E-state index in [0.29, 0.717) is 25.5 Å². The van der Waals surface area contributed by atoms with Crippen LogP contribution in [-0.4, -0.2) is 61.5 Å². The third-order valence-electron chi connectivity index (χ3n) is 4.73. The molecule has 1 fully saturated rings. The van der Waals surface area contributed by atoms with Gasteiger partial charge in [0, 0.05) is 37.3 Å². The topological polar surface area (TPSA) is 76.8 Å². The number of aromatic nitrogens is 1. The number of methoxy groups -OCH3 is 1. The first-order chi connectivity index (χ1) is 12.9. The minimum absolute atomic E-state index is 0.109. The van der Waals surface area contributed by atoms with Gasteiger partial charge < -0.3 is 19.3 Å². The van der Waals surface area contributed by atoms with Gasteiger partial charge in [0.2, 0.25) is 0 Å². The van der Waals surface area contributed by atoms with Crippen molar-refractivity contribution in [3.8, 4) is 17.1 Å². The fourth-order valence-corrected chi connectivity index (χ4v) is 3.00. The first kappa shape index (κ1) is 19.3. The number of carbonyl (C=O) groups is 1. The fraction of sp³-hybridized carbons (Fsp3) is 0.474. The number of ether oxygens (including phenoxy) is 2. The molecule has 1 N–H and O–H groups in total. The molecule has 2 heterocycles. The van der Waals surface area contributed by atoms with Gasteiger partial charge in [-0.1, -0.05) is 5.16 Å². The molecule has 27 heavy (non-hydrogen) atoms. The summed E-state index contributed by atoms with van der Waals surface area (Å²) >= 11 is 0. The lowest BCUT2D eigenvalue weighted by molar-refractivity contribution is -0.00925. The van der Waals surface area contributed by atoms with Gasteiger partial charge in [0.05, 0.1) is 25.9 Å². The van der Waals surface area contributed by atoms with E-state index in [1.807, 2.05) is 0 Å². The normalized spacial score (nSPS) is 15.6. The van der Waals surface area contributed by atoms with E-state index in [1.165, 1.54) is 25.3 Å². The van der Waals surface area contributed by atoms with E-state index in [9.17, 15) is 9.18 Å². The Bertz CT molecular complexity index is 800. The van der Waals surface area contributed by atoms with Gasteiger partial charge in [0.25, 0.3) is 5.91 Å². The Labute approximate surface area is 157 Å². The van der Waals surface area contributed by atoms with Gasteiger partial charge >= 0.3 is 0 Å². The van der Waals surface area contributed by atoms with Crippen LogP contribution >= 0.6 is 0 Å². The molecule has 8 heteroatoms. The molecule has 0 saturated carbocycles. The summed E-state index contributed by atoms with van der Waals surface area (Å²) in [6.45, 7) is 7.63. The summed E-state index contributed by atoms with van der Waals surface area (Å²) in [4.78, 5) is 14.7. The predicted molar refractivity (Wildman–Crippen MR) is 97.3 cm³/mol. The van der Waals surface area contributed by atoms with Crippen molar-refractivity contribution in [2.75, 3.05) is 40.0 Å². The van der Waals surface area contributed by atoms with Gasteiger partial charge in [0.15, 0.2) is 11.5 Å². The molecular formula is C19H24FN3O4. The summed E-state index contributed by atoms with van der Waals surface area (Å²) < 4.78 is 29.7. The van der Waals surface area contributed by atoms with Crippen LogP contribution in [-0.2, 0) is 4.74 Å². The minimum Gasteiger partial charge on any atom is -0.497 e. The smallest absolute Gasteiger partial charge is 0.273 e. The summed E-state index contributed by atoms with van der Waals surface area (Å²) in [5.41, 5.74) is 0.114. The number of hydrogen-bond acceptors (Lipinski definition) is 6. The summed E-state index contributed by atoms with van der Waals surface area (Å²) in [5.74, 6) is -0.280. The first-order valence-electron chi connectivity index (χ1n) is 8.82. The monoisotopic (exact) mass is 377 g/mol. The van der Waals surface area contributed by atoms with Crippen LogP contribution in [0.25, 0.3) is 11.3 Å². The Morgan fingerprint density at radius 1 is 1.33 bits per heavy atom. The second-order valence-electron chi connectivity index (χ2n) is 7.02. The number of morpholine rings is 1. The Morgan fingerprint density at radius 3 is 2.74 bits per heavy atom. The van der Waals surface area contributed by atoms with Crippen molar-refractivity contribution in [1.82, 2.24) is 15.4 Å². The van der Waals surface area contributed by atoms with Crippen LogP contribution in [0, 0.1) is 5.82 Å². The van der Waals surface area contributed by atoms with Gasteiger partial charge in [-0.05, 0) is 26.0 Å². The van der Waals surface area contributed by atoms with Crippen molar-refractivity contribution in [3.05, 3.63) is 35.8 Å². The van der Waals surface area contributed by atoms with Crippen LogP contribution in [0.5, 0.6) is 5.75 Å². The highest BCUT2D eigenvalue weighted by molar-refractivity contribution is 5.93. The molecule has 2 aromatic rings. The number of nitrogens with one attached hydrogen (secondary N) is 1. The Balaban J connectivity index is 1.64. The van der Waals surface area contributed by atoms with Crippen LogP contribution in [0.3, 0.4) is 0 Å². The molecule has 1 saturated heterocycles. The molecule has 0 spiro atoms. The molecule has 7 nitrogen and oxygen atoms in total. The summed E-state index contributed by atoms with van der Waals surface area (Å²) in [5, 5.41) is 6.65. The van der Waals surface area contributed by atoms with Gasteiger partial charge in [0.1, 0.15) is 11.6 Å². The Kier molecular flexibility index (Phi) is 5.76. The second-order valence-corrected chi connectivity index (χ2v) is 7.02. The maximum absolute atomic E-state index is 14.2. The van der Waals surface area contributed by atoms with Crippen LogP contribution in [0.15, 0.2) is 28.8 Å². The highest BCUT2D eigenvalue weighted by Gasteiger charge is 2.29. The van der Waals surface area contributed by atoms with E-state index in [4.69, 9.17) is 14.0 Å². The predicted octanol–water partition coefficient (Wildman–Crippen LogP) is 2.33.